The predicted molar refractivity (Wildman–Crippen MR) is 100 cm³/mol. The van der Waals surface area contributed by atoms with Crippen molar-refractivity contribution < 1.29 is 19.4 Å². The average molecular weight is 353 g/mol. The monoisotopic (exact) mass is 352 g/mol. The molecule has 0 aliphatic heterocycles. The number of aliphatic carboxylic acids is 1. The van der Waals surface area contributed by atoms with Crippen LogP contribution in [0.15, 0.2) is 11.1 Å². The Morgan fingerprint density at radius 2 is 1.68 bits per heavy atom. The van der Waals surface area contributed by atoms with E-state index in [2.05, 4.69) is 6.92 Å². The number of rotatable bonds is 10. The SMILES string of the molecule is CCCCOC(=O)C(=C1CCCCC1)C(CCCC)(C(=O)O)C(C)C. The number of unbranched alkanes of at least 4 members (excludes halogenated alkanes) is 2. The summed E-state index contributed by atoms with van der Waals surface area (Å²) in [5.74, 6) is -1.42. The van der Waals surface area contributed by atoms with Crippen LogP contribution < -0.4 is 0 Å². The van der Waals surface area contributed by atoms with E-state index in [1.807, 2.05) is 20.8 Å². The molecule has 0 amide bonds. The topological polar surface area (TPSA) is 63.6 Å². The van der Waals surface area contributed by atoms with Gasteiger partial charge in [-0.3, -0.25) is 4.79 Å². The van der Waals surface area contributed by atoms with Crippen molar-refractivity contribution in [2.24, 2.45) is 11.3 Å². The maximum Gasteiger partial charge on any atom is 0.335 e. The van der Waals surface area contributed by atoms with E-state index in [-0.39, 0.29) is 5.92 Å². The van der Waals surface area contributed by atoms with Gasteiger partial charge in [-0.05, 0) is 44.4 Å². The number of carbonyl (C=O) groups is 2. The van der Waals surface area contributed by atoms with Crippen LogP contribution in [-0.4, -0.2) is 23.7 Å². The van der Waals surface area contributed by atoms with Gasteiger partial charge in [0.1, 0.15) is 5.41 Å². The second-order valence-electron chi connectivity index (χ2n) is 7.56. The first-order valence-electron chi connectivity index (χ1n) is 10.0. The molecule has 144 valence electrons. The average Bonchev–Trinajstić information content (AvgIpc) is 2.58. The van der Waals surface area contributed by atoms with Gasteiger partial charge in [-0.15, -0.1) is 0 Å². The summed E-state index contributed by atoms with van der Waals surface area (Å²) in [5.41, 5.74) is 0.366. The highest BCUT2D eigenvalue weighted by molar-refractivity contribution is 5.98. The lowest BCUT2D eigenvalue weighted by Gasteiger charge is -2.37. The van der Waals surface area contributed by atoms with Crippen LogP contribution in [0.2, 0.25) is 0 Å². The zero-order valence-electron chi connectivity index (χ0n) is 16.5. The van der Waals surface area contributed by atoms with Gasteiger partial charge in [-0.25, -0.2) is 4.79 Å². The van der Waals surface area contributed by atoms with Crippen LogP contribution in [0.5, 0.6) is 0 Å². The van der Waals surface area contributed by atoms with E-state index < -0.39 is 17.4 Å². The van der Waals surface area contributed by atoms with Crippen molar-refractivity contribution in [1.29, 1.82) is 0 Å². The Morgan fingerprint density at radius 3 is 2.16 bits per heavy atom. The lowest BCUT2D eigenvalue weighted by atomic mass is 9.65. The molecule has 0 radical (unpaired) electrons. The van der Waals surface area contributed by atoms with Gasteiger partial charge in [0.05, 0.1) is 12.2 Å². The van der Waals surface area contributed by atoms with E-state index in [1.54, 1.807) is 0 Å². The Kier molecular flexibility index (Phi) is 9.23. The van der Waals surface area contributed by atoms with Crippen LogP contribution in [0.25, 0.3) is 0 Å². The van der Waals surface area contributed by atoms with E-state index in [4.69, 9.17) is 4.74 Å². The molecule has 0 spiro atoms. The molecular weight excluding hydrogens is 316 g/mol. The summed E-state index contributed by atoms with van der Waals surface area (Å²) in [5, 5.41) is 10.2. The number of carboxylic acids is 1. The first kappa shape index (κ1) is 21.7. The van der Waals surface area contributed by atoms with Gasteiger partial charge in [0, 0.05) is 0 Å². The van der Waals surface area contributed by atoms with Crippen molar-refractivity contribution in [3.63, 3.8) is 0 Å². The van der Waals surface area contributed by atoms with Crippen molar-refractivity contribution in [3.05, 3.63) is 11.1 Å². The van der Waals surface area contributed by atoms with E-state index in [0.717, 1.165) is 63.4 Å². The summed E-state index contributed by atoms with van der Waals surface area (Å²) in [6.07, 6.45) is 8.83. The summed E-state index contributed by atoms with van der Waals surface area (Å²) in [7, 11) is 0. The molecule has 1 fully saturated rings. The van der Waals surface area contributed by atoms with E-state index in [1.165, 1.54) is 0 Å². The highest BCUT2D eigenvalue weighted by Gasteiger charge is 2.49. The minimum absolute atomic E-state index is 0.153. The Labute approximate surface area is 153 Å². The molecule has 0 saturated heterocycles. The molecule has 0 aromatic carbocycles. The fraction of sp³-hybridized carbons (Fsp3) is 0.810. The molecule has 25 heavy (non-hydrogen) atoms. The lowest BCUT2D eigenvalue weighted by Crippen LogP contribution is -2.42. The third-order valence-corrected chi connectivity index (χ3v) is 5.48. The molecule has 0 bridgehead atoms. The van der Waals surface area contributed by atoms with E-state index >= 15 is 0 Å². The van der Waals surface area contributed by atoms with E-state index in [0.29, 0.717) is 18.6 Å². The standard InChI is InChI=1S/C21H36O4/c1-5-7-14-21(16(3)4,20(23)24)18(17-12-10-9-11-13-17)19(22)25-15-8-6-2/h16H,5-15H2,1-4H3,(H,23,24). The molecule has 1 N–H and O–H groups in total. The van der Waals surface area contributed by atoms with Crippen LogP contribution in [0.1, 0.15) is 91.9 Å². The molecule has 0 aromatic rings. The molecule has 1 aliphatic rings. The van der Waals surface area contributed by atoms with Crippen molar-refractivity contribution in [2.75, 3.05) is 6.61 Å². The van der Waals surface area contributed by atoms with Crippen LogP contribution in [0, 0.1) is 11.3 Å². The molecule has 0 aromatic heterocycles. The lowest BCUT2D eigenvalue weighted by molar-refractivity contribution is -0.155. The minimum atomic E-state index is -1.13. The number of carbonyl (C=O) groups excluding carboxylic acids is 1. The van der Waals surface area contributed by atoms with Crippen LogP contribution >= 0.6 is 0 Å². The molecule has 1 saturated carbocycles. The largest absolute Gasteiger partial charge is 0.481 e. The highest BCUT2D eigenvalue weighted by atomic mass is 16.5. The van der Waals surface area contributed by atoms with Crippen molar-refractivity contribution in [3.8, 4) is 0 Å². The van der Waals surface area contributed by atoms with Gasteiger partial charge in [-0.2, -0.15) is 0 Å². The summed E-state index contributed by atoms with van der Waals surface area (Å²) in [6.45, 7) is 8.32. The molecule has 4 heteroatoms. The number of carboxylic acid groups (broad SMARTS) is 1. The van der Waals surface area contributed by atoms with Crippen molar-refractivity contribution >= 4 is 11.9 Å². The fourth-order valence-electron chi connectivity index (χ4n) is 3.87. The molecule has 1 atom stereocenters. The summed E-state index contributed by atoms with van der Waals surface area (Å²) < 4.78 is 5.52. The van der Waals surface area contributed by atoms with Gasteiger partial charge in [-0.1, -0.05) is 59.0 Å². The minimum Gasteiger partial charge on any atom is -0.481 e. The zero-order valence-corrected chi connectivity index (χ0v) is 16.5. The Balaban J connectivity index is 3.37. The van der Waals surface area contributed by atoms with Crippen LogP contribution in [0.4, 0.5) is 0 Å². The van der Waals surface area contributed by atoms with Gasteiger partial charge >= 0.3 is 11.9 Å². The number of hydrogen-bond donors (Lipinski definition) is 1. The normalized spacial score (nSPS) is 17.2. The maximum atomic E-state index is 13.0. The molecule has 1 unspecified atom stereocenters. The summed E-state index contributed by atoms with van der Waals surface area (Å²) >= 11 is 0. The van der Waals surface area contributed by atoms with Crippen molar-refractivity contribution in [2.45, 2.75) is 91.9 Å². The predicted octanol–water partition coefficient (Wildman–Crippen LogP) is 5.51. The summed E-state index contributed by atoms with van der Waals surface area (Å²) in [6, 6.07) is 0. The third kappa shape index (κ3) is 5.32. The van der Waals surface area contributed by atoms with Gasteiger partial charge in [0.25, 0.3) is 0 Å². The highest BCUT2D eigenvalue weighted by Crippen LogP contribution is 2.45. The summed E-state index contributed by atoms with van der Waals surface area (Å²) in [4.78, 5) is 25.4. The smallest absolute Gasteiger partial charge is 0.335 e. The maximum absolute atomic E-state index is 13.0. The molecule has 1 rings (SSSR count). The molecular formula is C21H36O4. The van der Waals surface area contributed by atoms with Gasteiger partial charge < -0.3 is 9.84 Å². The Hall–Kier alpha value is -1.32. The second kappa shape index (κ2) is 10.6. The quantitative estimate of drug-likeness (QED) is 0.320. The number of ether oxygens (including phenoxy) is 1. The second-order valence-corrected chi connectivity index (χ2v) is 7.56. The number of allylic oxidation sites excluding steroid dienone is 1. The Bertz CT molecular complexity index is 470. The fourth-order valence-corrected chi connectivity index (χ4v) is 3.87. The number of hydrogen-bond acceptors (Lipinski definition) is 3. The molecule has 4 nitrogen and oxygen atoms in total. The number of esters is 1. The zero-order chi connectivity index (χ0) is 18.9. The van der Waals surface area contributed by atoms with E-state index in [9.17, 15) is 14.7 Å². The van der Waals surface area contributed by atoms with Crippen LogP contribution in [0.3, 0.4) is 0 Å². The van der Waals surface area contributed by atoms with Crippen LogP contribution in [-0.2, 0) is 14.3 Å². The van der Waals surface area contributed by atoms with Crippen molar-refractivity contribution in [1.82, 2.24) is 0 Å². The van der Waals surface area contributed by atoms with Gasteiger partial charge in [0.2, 0.25) is 0 Å². The molecule has 1 aliphatic carbocycles. The third-order valence-electron chi connectivity index (χ3n) is 5.48. The Morgan fingerprint density at radius 1 is 1.08 bits per heavy atom. The van der Waals surface area contributed by atoms with Gasteiger partial charge in [0.15, 0.2) is 0 Å². The first-order chi connectivity index (χ1) is 11.9. The first-order valence-corrected chi connectivity index (χ1v) is 10.0. The molecule has 0 heterocycles.